The van der Waals surface area contributed by atoms with E-state index < -0.39 is 16.4 Å². The molecule has 1 aromatic carbocycles. The third kappa shape index (κ3) is 3.64. The van der Waals surface area contributed by atoms with E-state index in [2.05, 4.69) is 13.8 Å². The van der Waals surface area contributed by atoms with E-state index in [1.807, 2.05) is 0 Å². The van der Waals surface area contributed by atoms with Crippen molar-refractivity contribution in [3.05, 3.63) is 27.8 Å². The van der Waals surface area contributed by atoms with Gasteiger partial charge >= 0.3 is 0 Å². The second kappa shape index (κ2) is 6.30. The van der Waals surface area contributed by atoms with Crippen molar-refractivity contribution in [1.82, 2.24) is 0 Å². The molecule has 2 rings (SSSR count). The van der Waals surface area contributed by atoms with E-state index in [0.717, 1.165) is 18.7 Å². The summed E-state index contributed by atoms with van der Waals surface area (Å²) < 4.78 is 4.98. The van der Waals surface area contributed by atoms with Crippen molar-refractivity contribution in [1.29, 1.82) is 0 Å². The lowest BCUT2D eigenvalue weighted by atomic mass is 9.91. The van der Waals surface area contributed by atoms with Crippen LogP contribution >= 0.6 is 0 Å². The number of hydrogen-bond acceptors (Lipinski definition) is 4. The van der Waals surface area contributed by atoms with E-state index in [0.29, 0.717) is 18.4 Å². The highest BCUT2D eigenvalue weighted by molar-refractivity contribution is 5.56. The molecular weight excluding hydrogens is 272 g/mol. The standard InChI is InChI=1S/C15H22N2O4/c1-10-4-11(2)8-16(7-10)9-12-5-13(17(19)20)15(18)14(6-12)21-3/h5-6,10-11,18H,4,7-9H2,1-3H3/t10-,11+. The molecule has 1 aromatic rings. The average molecular weight is 294 g/mol. The van der Waals surface area contributed by atoms with Crippen LogP contribution in [0.25, 0.3) is 0 Å². The third-order valence-electron chi connectivity index (χ3n) is 4.04. The minimum absolute atomic E-state index is 0.0525. The molecule has 6 heteroatoms. The van der Waals surface area contributed by atoms with E-state index in [1.165, 1.54) is 24.5 Å². The lowest BCUT2D eigenvalue weighted by Gasteiger charge is -2.32. The number of ether oxygens (including phenoxy) is 1. The van der Waals surface area contributed by atoms with Crippen molar-refractivity contribution in [2.75, 3.05) is 20.2 Å². The highest BCUT2D eigenvalue weighted by Gasteiger charge is 2.26. The van der Waals surface area contributed by atoms with Crippen LogP contribution in [-0.2, 0) is 6.54 Å². The fourth-order valence-electron chi connectivity index (χ4n) is 3.39. The number of hydrogen-bond donors (Lipinski definition) is 1. The van der Waals surface area contributed by atoms with Crippen molar-refractivity contribution in [2.24, 2.45) is 11.8 Å². The molecule has 0 amide bonds. The molecule has 116 valence electrons. The Kier molecular flexibility index (Phi) is 4.67. The fraction of sp³-hybridized carbons (Fsp3) is 0.600. The molecule has 0 bridgehead atoms. The third-order valence-corrected chi connectivity index (χ3v) is 4.04. The molecule has 0 aromatic heterocycles. The topological polar surface area (TPSA) is 79.9 Å². The van der Waals surface area contributed by atoms with Crippen molar-refractivity contribution >= 4 is 5.69 Å². The first-order valence-corrected chi connectivity index (χ1v) is 7.26. The van der Waals surface area contributed by atoms with Gasteiger partial charge in [-0.2, -0.15) is 0 Å². The zero-order valence-corrected chi connectivity index (χ0v) is 12.7. The molecule has 6 nitrogen and oxygen atoms in total. The summed E-state index contributed by atoms with van der Waals surface area (Å²) in [5.74, 6) is 0.706. The van der Waals surface area contributed by atoms with Gasteiger partial charge < -0.3 is 14.7 Å². The Bertz CT molecular complexity index is 523. The summed E-state index contributed by atoms with van der Waals surface area (Å²) in [5, 5.41) is 22.8. The summed E-state index contributed by atoms with van der Waals surface area (Å²) in [5.41, 5.74) is 0.385. The first-order valence-electron chi connectivity index (χ1n) is 7.26. The van der Waals surface area contributed by atoms with Crippen LogP contribution in [0.2, 0.25) is 0 Å². The molecule has 21 heavy (non-hydrogen) atoms. The van der Waals surface area contributed by atoms with E-state index in [1.54, 1.807) is 6.07 Å². The molecule has 0 aliphatic carbocycles. The number of benzene rings is 1. The lowest BCUT2D eigenvalue weighted by Crippen LogP contribution is -3.13. The molecule has 1 fully saturated rings. The van der Waals surface area contributed by atoms with Crippen LogP contribution in [0.5, 0.6) is 11.5 Å². The van der Waals surface area contributed by atoms with Gasteiger partial charge in [0.1, 0.15) is 12.3 Å². The Hall–Kier alpha value is -1.82. The maximum Gasteiger partial charge on any atom is 0.265 e. The fourth-order valence-corrected chi connectivity index (χ4v) is 3.39. The summed E-state index contributed by atoms with van der Waals surface area (Å²) in [7, 11) is 1.36. The van der Waals surface area contributed by atoms with Crippen LogP contribution in [0.1, 0.15) is 25.8 Å². The Morgan fingerprint density at radius 2 is 1.95 bits per heavy atom. The maximum atomic E-state index is 11.8. The molecule has 1 unspecified atom stereocenters. The summed E-state index contributed by atoms with van der Waals surface area (Å²) in [6.07, 6.45) is 1.23. The van der Waals surface area contributed by atoms with Gasteiger partial charge in [0.2, 0.25) is 0 Å². The Morgan fingerprint density at radius 1 is 1.33 bits per heavy atom. The number of rotatable bonds is 4. The summed E-state index contributed by atoms with van der Waals surface area (Å²) in [4.78, 5) is 11.7. The van der Waals surface area contributed by atoms with E-state index in [4.69, 9.17) is 4.74 Å². The molecule has 1 aliphatic heterocycles. The molecule has 1 heterocycles. The minimum atomic E-state index is -0.651. The predicted molar refractivity (Wildman–Crippen MR) is 76.4 cm³/mol. The van der Waals surface area contributed by atoms with Crippen molar-refractivity contribution in [3.63, 3.8) is 0 Å². The summed E-state index contributed by atoms with van der Waals surface area (Å²) in [6, 6.07) is 3.02. The van der Waals surface area contributed by atoms with Gasteiger partial charge in [-0.3, -0.25) is 10.1 Å². The van der Waals surface area contributed by atoms with Gasteiger partial charge in [0.15, 0.2) is 0 Å². The van der Waals surface area contributed by atoms with Gasteiger partial charge in [-0.15, -0.1) is 0 Å². The monoisotopic (exact) mass is 294 g/mol. The van der Waals surface area contributed by atoms with Gasteiger partial charge in [0.05, 0.1) is 25.1 Å². The highest BCUT2D eigenvalue weighted by Crippen LogP contribution is 2.34. The van der Waals surface area contributed by atoms with Crippen molar-refractivity contribution < 1.29 is 19.7 Å². The largest absolute Gasteiger partial charge is 0.865 e. The van der Waals surface area contributed by atoms with Crippen molar-refractivity contribution in [2.45, 2.75) is 26.8 Å². The lowest BCUT2D eigenvalue weighted by molar-refractivity contribution is -0.925. The molecule has 0 saturated carbocycles. The van der Waals surface area contributed by atoms with Crippen LogP contribution in [0.3, 0.4) is 0 Å². The Balaban J connectivity index is 2.23. The smallest absolute Gasteiger partial charge is 0.265 e. The normalized spacial score (nSPS) is 25.6. The second-order valence-electron chi connectivity index (χ2n) is 6.18. The van der Waals surface area contributed by atoms with Gasteiger partial charge in [0.25, 0.3) is 5.69 Å². The van der Waals surface area contributed by atoms with Gasteiger partial charge in [-0.1, -0.05) is 13.8 Å². The summed E-state index contributed by atoms with van der Waals surface area (Å²) >= 11 is 0. The maximum absolute atomic E-state index is 11.8. The van der Waals surface area contributed by atoms with Crippen molar-refractivity contribution in [3.8, 4) is 11.5 Å². The van der Waals surface area contributed by atoms with Gasteiger partial charge in [-0.25, -0.2) is 0 Å². The van der Waals surface area contributed by atoms with E-state index >= 15 is 0 Å². The number of nitro benzene ring substituents is 1. The number of piperidine rings is 1. The zero-order valence-electron chi connectivity index (χ0n) is 12.7. The average Bonchev–Trinajstić information content (AvgIpc) is 2.39. The highest BCUT2D eigenvalue weighted by atomic mass is 16.6. The Labute approximate surface area is 124 Å². The predicted octanol–water partition coefficient (Wildman–Crippen LogP) is 0.738. The van der Waals surface area contributed by atoms with E-state index in [9.17, 15) is 15.2 Å². The van der Waals surface area contributed by atoms with Crippen LogP contribution in [0.4, 0.5) is 5.69 Å². The SMILES string of the molecule is COc1cc(C[NH+]2C[C@H](C)C[C@H](C)C2)cc([N+](=O)[O-])c1[O-]. The Morgan fingerprint density at radius 3 is 2.48 bits per heavy atom. The number of nitro groups is 1. The van der Waals surface area contributed by atoms with Crippen LogP contribution < -0.4 is 14.7 Å². The quantitative estimate of drug-likeness (QED) is 0.656. The van der Waals surface area contributed by atoms with Gasteiger partial charge in [0, 0.05) is 29.2 Å². The molecule has 1 saturated heterocycles. The number of likely N-dealkylation sites (tertiary alicyclic amines) is 1. The number of quaternary nitrogens is 1. The molecule has 1 N–H and O–H groups in total. The molecule has 0 radical (unpaired) electrons. The first kappa shape index (κ1) is 15.6. The number of nitrogens with one attached hydrogen (secondary N) is 1. The molecule has 1 aliphatic rings. The van der Waals surface area contributed by atoms with E-state index in [-0.39, 0.29) is 5.75 Å². The van der Waals surface area contributed by atoms with Crippen LogP contribution in [0, 0.1) is 22.0 Å². The molecule has 0 spiro atoms. The molecule has 3 atom stereocenters. The number of nitrogens with zero attached hydrogens (tertiary/aromatic N) is 1. The molecular formula is C15H22N2O4. The van der Waals surface area contributed by atoms with Crippen LogP contribution in [-0.4, -0.2) is 25.1 Å². The minimum Gasteiger partial charge on any atom is -0.865 e. The summed E-state index contributed by atoms with van der Waals surface area (Å²) in [6.45, 7) is 7.27. The number of methoxy groups -OCH3 is 1. The first-order chi connectivity index (χ1) is 9.90. The second-order valence-corrected chi connectivity index (χ2v) is 6.18. The van der Waals surface area contributed by atoms with Crippen LogP contribution in [0.15, 0.2) is 12.1 Å². The van der Waals surface area contributed by atoms with Gasteiger partial charge in [-0.05, 0) is 12.5 Å². The zero-order chi connectivity index (χ0) is 15.6.